The minimum Gasteiger partial charge on any atom is -0.444 e. The number of halogens is 1. The Morgan fingerprint density at radius 2 is 1.83 bits per heavy atom. The number of aryl methyl sites for hydroxylation is 1. The lowest BCUT2D eigenvalue weighted by atomic mass is 9.85. The number of carbonyl (C=O) groups excluding carboxylic acids is 2. The van der Waals surface area contributed by atoms with Crippen molar-refractivity contribution in [1.82, 2.24) is 29.0 Å². The molecule has 0 unspecified atom stereocenters. The topological polar surface area (TPSA) is 82.9 Å². The maximum atomic E-state index is 14.7. The summed E-state index contributed by atoms with van der Waals surface area (Å²) in [5, 5.41) is 0. The molecule has 5 heterocycles. The lowest BCUT2D eigenvalue weighted by molar-refractivity contribution is -0.163. The molecular formula is C41H59FN6O4. The number of imidazole rings is 1. The van der Waals surface area contributed by atoms with Gasteiger partial charge in [0.1, 0.15) is 22.8 Å². The van der Waals surface area contributed by atoms with Crippen LogP contribution < -0.4 is 0 Å². The monoisotopic (exact) mass is 718 g/mol. The fourth-order valence-electron chi connectivity index (χ4n) is 8.40. The van der Waals surface area contributed by atoms with Gasteiger partial charge in [-0.15, -0.1) is 0 Å². The van der Waals surface area contributed by atoms with Gasteiger partial charge in [-0.1, -0.05) is 19.9 Å². The number of carbonyl (C=O) groups is 2. The van der Waals surface area contributed by atoms with Crippen molar-refractivity contribution in [3.8, 4) is 11.1 Å². The Morgan fingerprint density at radius 3 is 2.44 bits per heavy atom. The quantitative estimate of drug-likeness (QED) is 0.215. The van der Waals surface area contributed by atoms with Gasteiger partial charge in [-0.25, -0.2) is 14.2 Å². The van der Waals surface area contributed by atoms with Crippen LogP contribution in [0, 0.1) is 18.7 Å². The Morgan fingerprint density at radius 1 is 1.10 bits per heavy atom. The van der Waals surface area contributed by atoms with Crippen LogP contribution in [0.5, 0.6) is 0 Å². The van der Waals surface area contributed by atoms with E-state index in [1.807, 2.05) is 59.6 Å². The molecule has 3 aliphatic rings. The number of benzene rings is 1. The number of rotatable bonds is 11. The van der Waals surface area contributed by atoms with Crippen LogP contribution in [0.3, 0.4) is 0 Å². The highest BCUT2D eigenvalue weighted by molar-refractivity contribution is 6.03. The van der Waals surface area contributed by atoms with E-state index in [9.17, 15) is 14.0 Å². The van der Waals surface area contributed by atoms with E-state index in [2.05, 4.69) is 45.3 Å². The highest BCUT2D eigenvalue weighted by Gasteiger charge is 2.51. The Kier molecular flexibility index (Phi) is 11.1. The van der Waals surface area contributed by atoms with Crippen molar-refractivity contribution in [2.75, 3.05) is 59.0 Å². The number of fused-ring (bicyclic) bond motifs is 1. The molecule has 1 aromatic carbocycles. The molecule has 0 N–H and O–H groups in total. The first kappa shape index (κ1) is 38.2. The van der Waals surface area contributed by atoms with Gasteiger partial charge >= 0.3 is 6.09 Å². The Bertz CT molecular complexity index is 1760. The maximum absolute atomic E-state index is 14.7. The van der Waals surface area contributed by atoms with Gasteiger partial charge in [0.05, 0.1) is 30.5 Å². The summed E-state index contributed by atoms with van der Waals surface area (Å²) in [7, 11) is 0. The molecule has 1 atom stereocenters. The number of hydrogen-bond acceptors (Lipinski definition) is 7. The standard InChI is InChI=1S/C41H59FN6O4/c1-10-46(28(4)5)38(49)35-19-32(42)13-14-33(35)34-18-30(23-47-29(6)43-20-37(34)47)31-21-45(22-31)36(27(2)3)12-11-15-44-16-17-48(39(50)52-40(7,8)9)41(24-44)25-51-26-41/h13-14,18-20,23,27-28,31,36H,10-12,15-17,21-22,24-26H2,1-9H3/t36-/m1/s1. The van der Waals surface area contributed by atoms with Gasteiger partial charge in [-0.2, -0.15) is 0 Å². The number of likely N-dealkylation sites (tertiary alicyclic amines) is 1. The fraction of sp³-hybridized carbons (Fsp3) is 0.634. The minimum atomic E-state index is -0.522. The lowest BCUT2D eigenvalue weighted by Gasteiger charge is -2.54. The molecule has 52 heavy (non-hydrogen) atoms. The summed E-state index contributed by atoms with van der Waals surface area (Å²) in [5.41, 5.74) is 3.32. The average molecular weight is 719 g/mol. The predicted octanol–water partition coefficient (Wildman–Crippen LogP) is 6.85. The van der Waals surface area contributed by atoms with Crippen LogP contribution in [0.15, 0.2) is 36.7 Å². The molecule has 3 aliphatic heterocycles. The number of piperazine rings is 1. The molecule has 6 rings (SSSR count). The number of aromatic nitrogens is 2. The highest BCUT2D eigenvalue weighted by Crippen LogP contribution is 2.38. The third-order valence-electron chi connectivity index (χ3n) is 11.3. The molecule has 3 fully saturated rings. The van der Waals surface area contributed by atoms with Crippen molar-refractivity contribution < 1.29 is 23.5 Å². The lowest BCUT2D eigenvalue weighted by Crippen LogP contribution is -2.73. The Labute approximate surface area is 309 Å². The van der Waals surface area contributed by atoms with Crippen LogP contribution >= 0.6 is 0 Å². The maximum Gasteiger partial charge on any atom is 0.411 e. The van der Waals surface area contributed by atoms with E-state index in [1.165, 1.54) is 17.7 Å². The van der Waals surface area contributed by atoms with Crippen molar-refractivity contribution in [2.45, 2.75) is 104 Å². The van der Waals surface area contributed by atoms with Crippen molar-refractivity contribution in [3.63, 3.8) is 0 Å². The SMILES string of the molecule is CCN(C(=O)c1cc(F)ccc1-c1cc(C2CN([C@H](CCCN3CCN(C(=O)OC(C)(C)C)C4(COC4)C3)C(C)C)C2)cn2c(C)ncc12)C(C)C. The van der Waals surface area contributed by atoms with E-state index in [4.69, 9.17) is 9.47 Å². The van der Waals surface area contributed by atoms with Gasteiger partial charge in [0.15, 0.2) is 0 Å². The molecule has 2 aromatic heterocycles. The van der Waals surface area contributed by atoms with Crippen LogP contribution in [-0.4, -0.2) is 123 Å². The molecule has 0 aliphatic carbocycles. The second-order valence-corrected chi connectivity index (χ2v) is 16.9. The van der Waals surface area contributed by atoms with Crippen molar-refractivity contribution in [1.29, 1.82) is 0 Å². The van der Waals surface area contributed by atoms with Crippen molar-refractivity contribution >= 4 is 17.5 Å². The zero-order valence-corrected chi connectivity index (χ0v) is 32.7. The molecule has 0 saturated carbocycles. The van der Waals surface area contributed by atoms with Crippen molar-refractivity contribution in [3.05, 3.63) is 59.4 Å². The summed E-state index contributed by atoms with van der Waals surface area (Å²) in [6, 6.07) is 7.25. The van der Waals surface area contributed by atoms with Gasteiger partial charge in [0, 0.05) is 69.0 Å². The molecule has 0 bridgehead atoms. The second-order valence-electron chi connectivity index (χ2n) is 16.9. The molecule has 1 spiro atoms. The van der Waals surface area contributed by atoms with Crippen LogP contribution in [-0.2, 0) is 9.47 Å². The number of ether oxygens (including phenoxy) is 2. The van der Waals surface area contributed by atoms with Gasteiger partial charge < -0.3 is 18.8 Å². The number of pyridine rings is 1. The van der Waals surface area contributed by atoms with Gasteiger partial charge in [-0.05, 0) is 103 Å². The Hall–Kier alpha value is -3.54. The number of hydrogen-bond donors (Lipinski definition) is 0. The van der Waals surface area contributed by atoms with E-state index in [-0.39, 0.29) is 23.6 Å². The van der Waals surface area contributed by atoms with Crippen molar-refractivity contribution in [2.24, 2.45) is 5.92 Å². The smallest absolute Gasteiger partial charge is 0.411 e. The van der Waals surface area contributed by atoms with Gasteiger partial charge in [-0.3, -0.25) is 19.5 Å². The summed E-state index contributed by atoms with van der Waals surface area (Å²) in [5.74, 6) is 1.15. The molecular weight excluding hydrogens is 659 g/mol. The largest absolute Gasteiger partial charge is 0.444 e. The highest BCUT2D eigenvalue weighted by atomic mass is 19.1. The summed E-state index contributed by atoms with van der Waals surface area (Å²) in [6.07, 6.45) is 6.01. The fourth-order valence-corrected chi connectivity index (χ4v) is 8.40. The minimum absolute atomic E-state index is 0.00425. The van der Waals surface area contributed by atoms with E-state index < -0.39 is 11.4 Å². The van der Waals surface area contributed by atoms with Gasteiger partial charge in [0.25, 0.3) is 5.91 Å². The second kappa shape index (κ2) is 15.1. The average Bonchev–Trinajstić information content (AvgIpc) is 3.41. The van der Waals surface area contributed by atoms with Crippen LogP contribution in [0.2, 0.25) is 0 Å². The zero-order chi connectivity index (χ0) is 37.5. The first-order valence-corrected chi connectivity index (χ1v) is 19.2. The van der Waals surface area contributed by atoms with Crippen LogP contribution in [0.4, 0.5) is 9.18 Å². The zero-order valence-electron chi connectivity index (χ0n) is 32.7. The summed E-state index contributed by atoms with van der Waals surface area (Å²) in [6.45, 7) is 25.2. The Balaban J connectivity index is 1.13. The number of amides is 2. The molecule has 3 saturated heterocycles. The van der Waals surface area contributed by atoms with E-state index in [0.29, 0.717) is 49.7 Å². The van der Waals surface area contributed by atoms with E-state index >= 15 is 0 Å². The van der Waals surface area contributed by atoms with E-state index in [0.717, 1.165) is 68.0 Å². The third-order valence-corrected chi connectivity index (χ3v) is 11.3. The predicted molar refractivity (Wildman–Crippen MR) is 202 cm³/mol. The molecule has 11 heteroatoms. The third kappa shape index (κ3) is 7.73. The molecule has 0 radical (unpaired) electrons. The summed E-state index contributed by atoms with van der Waals surface area (Å²) >= 11 is 0. The first-order chi connectivity index (χ1) is 24.6. The van der Waals surface area contributed by atoms with Gasteiger partial charge in [0.2, 0.25) is 0 Å². The van der Waals surface area contributed by atoms with E-state index in [1.54, 1.807) is 11.0 Å². The molecule has 10 nitrogen and oxygen atoms in total. The molecule has 2 amide bonds. The molecule has 284 valence electrons. The molecule has 3 aromatic rings. The van der Waals surface area contributed by atoms with Crippen LogP contribution in [0.1, 0.15) is 95.9 Å². The summed E-state index contributed by atoms with van der Waals surface area (Å²) < 4.78 is 28.2. The van der Waals surface area contributed by atoms with Crippen LogP contribution in [0.25, 0.3) is 16.6 Å². The normalized spacial score (nSPS) is 19.0. The summed E-state index contributed by atoms with van der Waals surface area (Å²) in [4.78, 5) is 40.2. The first-order valence-electron chi connectivity index (χ1n) is 19.2. The number of nitrogens with zero attached hydrogens (tertiary/aromatic N) is 6.